The molecule has 1 aliphatic heterocycles. The van der Waals surface area contributed by atoms with Crippen molar-refractivity contribution in [1.29, 1.82) is 0 Å². The molecule has 1 N–H and O–H groups in total. The Balaban J connectivity index is 1.63. The van der Waals surface area contributed by atoms with Crippen LogP contribution in [0.25, 0.3) is 0 Å². The van der Waals surface area contributed by atoms with Gasteiger partial charge in [0.15, 0.2) is 6.10 Å². The lowest BCUT2D eigenvalue weighted by atomic mass is 9.99. The van der Waals surface area contributed by atoms with Crippen LogP contribution in [0, 0.1) is 0 Å². The molecule has 0 radical (unpaired) electrons. The summed E-state index contributed by atoms with van der Waals surface area (Å²) in [5.74, 6) is -2.23. The predicted molar refractivity (Wildman–Crippen MR) is 123 cm³/mol. The van der Waals surface area contributed by atoms with Gasteiger partial charge in [-0.15, -0.1) is 0 Å². The highest BCUT2D eigenvalue weighted by Gasteiger charge is 2.50. The van der Waals surface area contributed by atoms with E-state index in [0.717, 1.165) is 0 Å². The second kappa shape index (κ2) is 10.9. The summed E-state index contributed by atoms with van der Waals surface area (Å²) in [5, 5.41) is 10.8. The fraction of sp³-hybridized carbons (Fsp3) is 0.222. The van der Waals surface area contributed by atoms with E-state index >= 15 is 0 Å². The first-order valence-electron chi connectivity index (χ1n) is 11.1. The molecule has 0 spiro atoms. The lowest BCUT2D eigenvalue weighted by Crippen LogP contribution is -2.60. The second-order valence-corrected chi connectivity index (χ2v) is 7.94. The number of benzene rings is 3. The maximum atomic E-state index is 12.9. The summed E-state index contributed by atoms with van der Waals surface area (Å²) in [4.78, 5) is 38.4. The molecule has 3 aromatic carbocycles. The van der Waals surface area contributed by atoms with Crippen LogP contribution in [0.4, 0.5) is 0 Å². The van der Waals surface area contributed by atoms with Crippen molar-refractivity contribution in [2.75, 3.05) is 0 Å². The Labute approximate surface area is 202 Å². The summed E-state index contributed by atoms with van der Waals surface area (Å²) < 4.78 is 22.4. The molecular weight excluding hydrogens is 452 g/mol. The third kappa shape index (κ3) is 5.74. The van der Waals surface area contributed by atoms with Crippen molar-refractivity contribution in [3.05, 3.63) is 108 Å². The monoisotopic (exact) mass is 476 g/mol. The number of rotatable bonds is 6. The predicted octanol–water partition coefficient (Wildman–Crippen LogP) is 3.40. The van der Waals surface area contributed by atoms with Crippen LogP contribution in [0.5, 0.6) is 0 Å². The van der Waals surface area contributed by atoms with Crippen molar-refractivity contribution in [2.45, 2.75) is 37.6 Å². The first kappa shape index (κ1) is 24.1. The van der Waals surface area contributed by atoms with Gasteiger partial charge >= 0.3 is 17.9 Å². The molecule has 0 aromatic heterocycles. The molecule has 8 heteroatoms. The average Bonchev–Trinajstić information content (AvgIpc) is 2.90. The Morgan fingerprint density at radius 2 is 1.00 bits per heavy atom. The molecule has 5 atom stereocenters. The Morgan fingerprint density at radius 1 is 0.629 bits per heavy atom. The number of ether oxygens (including phenoxy) is 4. The largest absolute Gasteiger partial charge is 0.452 e. The van der Waals surface area contributed by atoms with Crippen LogP contribution >= 0.6 is 0 Å². The van der Waals surface area contributed by atoms with E-state index < -0.39 is 48.6 Å². The summed E-state index contributed by atoms with van der Waals surface area (Å²) in [7, 11) is 0. The smallest absolute Gasteiger partial charge is 0.340 e. The van der Waals surface area contributed by atoms with Gasteiger partial charge in [0.2, 0.25) is 12.4 Å². The minimum atomic E-state index is -1.44. The number of carbonyl (C=O) groups is 3. The zero-order valence-electron chi connectivity index (χ0n) is 18.9. The van der Waals surface area contributed by atoms with Crippen LogP contribution in [0.15, 0.2) is 91.0 Å². The number of aliphatic hydroxyl groups is 1. The molecule has 35 heavy (non-hydrogen) atoms. The van der Waals surface area contributed by atoms with Crippen LogP contribution in [-0.4, -0.2) is 53.7 Å². The number of carbonyl (C=O) groups excluding carboxylic acids is 3. The van der Waals surface area contributed by atoms with E-state index in [4.69, 9.17) is 18.9 Å². The summed E-state index contributed by atoms with van der Waals surface area (Å²) in [6.45, 7) is 1.53. The maximum absolute atomic E-state index is 12.9. The molecule has 4 rings (SSSR count). The summed E-state index contributed by atoms with van der Waals surface area (Å²) >= 11 is 0. The van der Waals surface area contributed by atoms with Crippen molar-refractivity contribution < 1.29 is 38.4 Å². The molecule has 0 amide bonds. The number of esters is 3. The molecule has 0 saturated carbocycles. The third-order valence-corrected chi connectivity index (χ3v) is 5.50. The van der Waals surface area contributed by atoms with E-state index in [0.29, 0.717) is 0 Å². The average molecular weight is 476 g/mol. The fourth-order valence-electron chi connectivity index (χ4n) is 3.62. The summed E-state index contributed by atoms with van der Waals surface area (Å²) in [6.07, 6.45) is -6.50. The van der Waals surface area contributed by atoms with Gasteiger partial charge in [0.25, 0.3) is 0 Å². The summed E-state index contributed by atoms with van der Waals surface area (Å²) in [5.41, 5.74) is 0.715. The first-order valence-corrected chi connectivity index (χ1v) is 11.1. The standard InChI is InChI=1S/C27H24O8/c1-17-21(28)22(33-24(29)18-11-5-2-6-12-18)23(34-25(30)19-13-7-3-8-14-19)27(32-17)35-26(31)20-15-9-4-10-16-20/h2-17,21-23,27-28H,1H3/t17-,21-,22+,23-,27+/m1/s1. The van der Waals surface area contributed by atoms with Gasteiger partial charge in [0.1, 0.15) is 6.10 Å². The first-order chi connectivity index (χ1) is 16.9. The normalized spacial score (nSPS) is 23.7. The van der Waals surface area contributed by atoms with E-state index in [9.17, 15) is 19.5 Å². The topological polar surface area (TPSA) is 108 Å². The van der Waals surface area contributed by atoms with E-state index in [1.54, 1.807) is 91.0 Å². The molecule has 0 aliphatic carbocycles. The molecule has 1 aliphatic rings. The van der Waals surface area contributed by atoms with E-state index in [-0.39, 0.29) is 16.7 Å². The highest BCUT2D eigenvalue weighted by atomic mass is 16.7. The van der Waals surface area contributed by atoms with Crippen LogP contribution in [0.2, 0.25) is 0 Å². The molecule has 1 heterocycles. The van der Waals surface area contributed by atoms with Gasteiger partial charge in [0, 0.05) is 0 Å². The molecule has 1 fully saturated rings. The van der Waals surface area contributed by atoms with Crippen LogP contribution in [0.1, 0.15) is 38.0 Å². The third-order valence-electron chi connectivity index (χ3n) is 5.50. The zero-order valence-corrected chi connectivity index (χ0v) is 18.9. The van der Waals surface area contributed by atoms with Crippen LogP contribution < -0.4 is 0 Å². The number of aliphatic hydroxyl groups excluding tert-OH is 1. The maximum Gasteiger partial charge on any atom is 0.340 e. The van der Waals surface area contributed by atoms with E-state index in [1.165, 1.54) is 6.92 Å². The Morgan fingerprint density at radius 3 is 1.43 bits per heavy atom. The molecule has 8 nitrogen and oxygen atoms in total. The van der Waals surface area contributed by atoms with Crippen molar-refractivity contribution >= 4 is 17.9 Å². The van der Waals surface area contributed by atoms with Gasteiger partial charge < -0.3 is 24.1 Å². The van der Waals surface area contributed by atoms with Crippen molar-refractivity contribution in [3.63, 3.8) is 0 Å². The molecule has 3 aromatic rings. The van der Waals surface area contributed by atoms with Gasteiger partial charge in [-0.3, -0.25) is 0 Å². The van der Waals surface area contributed by atoms with Crippen molar-refractivity contribution in [2.24, 2.45) is 0 Å². The number of hydrogen-bond donors (Lipinski definition) is 1. The van der Waals surface area contributed by atoms with Gasteiger partial charge in [-0.25, -0.2) is 14.4 Å². The van der Waals surface area contributed by atoms with Gasteiger partial charge in [0.05, 0.1) is 22.8 Å². The molecule has 0 unspecified atom stereocenters. The van der Waals surface area contributed by atoms with E-state index in [2.05, 4.69) is 0 Å². The molecule has 0 bridgehead atoms. The molecule has 1 saturated heterocycles. The second-order valence-electron chi connectivity index (χ2n) is 7.94. The fourth-order valence-corrected chi connectivity index (χ4v) is 3.62. The van der Waals surface area contributed by atoms with Crippen molar-refractivity contribution in [3.8, 4) is 0 Å². The van der Waals surface area contributed by atoms with E-state index in [1.807, 2.05) is 0 Å². The molecule has 180 valence electrons. The Kier molecular flexibility index (Phi) is 7.54. The Bertz CT molecular complexity index is 1150. The lowest BCUT2D eigenvalue weighted by Gasteiger charge is -2.41. The molecular formula is C27H24O8. The number of hydrogen-bond acceptors (Lipinski definition) is 8. The quantitative estimate of drug-likeness (QED) is 0.426. The highest BCUT2D eigenvalue weighted by molar-refractivity contribution is 5.91. The van der Waals surface area contributed by atoms with Crippen LogP contribution in [-0.2, 0) is 18.9 Å². The summed E-state index contributed by atoms with van der Waals surface area (Å²) in [6, 6.07) is 24.5. The van der Waals surface area contributed by atoms with Crippen LogP contribution in [0.3, 0.4) is 0 Å². The van der Waals surface area contributed by atoms with Gasteiger partial charge in [-0.1, -0.05) is 54.6 Å². The Hall–Kier alpha value is -4.01. The lowest BCUT2D eigenvalue weighted by molar-refractivity contribution is -0.275. The van der Waals surface area contributed by atoms with Gasteiger partial charge in [-0.2, -0.15) is 0 Å². The highest BCUT2D eigenvalue weighted by Crippen LogP contribution is 2.29. The van der Waals surface area contributed by atoms with Gasteiger partial charge in [-0.05, 0) is 43.3 Å². The minimum absolute atomic E-state index is 0.224. The zero-order chi connectivity index (χ0) is 24.8. The van der Waals surface area contributed by atoms with Crippen molar-refractivity contribution in [1.82, 2.24) is 0 Å². The SMILES string of the molecule is C[C@H]1O[C@@H](OC(=O)c2ccccc2)[C@H](OC(=O)c2ccccc2)[C@@H](OC(=O)c2ccccc2)[C@@H]1O. The minimum Gasteiger partial charge on any atom is -0.452 e.